The van der Waals surface area contributed by atoms with E-state index in [4.69, 9.17) is 5.26 Å². The van der Waals surface area contributed by atoms with Crippen molar-refractivity contribution in [2.45, 2.75) is 27.2 Å². The Morgan fingerprint density at radius 3 is 2.40 bits per heavy atom. The summed E-state index contributed by atoms with van der Waals surface area (Å²) >= 11 is 0. The van der Waals surface area contributed by atoms with Crippen molar-refractivity contribution in [1.29, 1.82) is 5.26 Å². The van der Waals surface area contributed by atoms with Crippen LogP contribution in [0.15, 0.2) is 42.5 Å². The van der Waals surface area contributed by atoms with Gasteiger partial charge in [-0.25, -0.2) is 0 Å². The van der Waals surface area contributed by atoms with Crippen molar-refractivity contribution < 1.29 is 9.59 Å². The first-order chi connectivity index (χ1) is 11.9. The second-order valence-corrected chi connectivity index (χ2v) is 5.95. The van der Waals surface area contributed by atoms with Gasteiger partial charge in [-0.3, -0.25) is 9.59 Å². The van der Waals surface area contributed by atoms with Crippen LogP contribution in [0.4, 0.5) is 11.4 Å². The standard InChI is InChI=1S/C20H21N3O2/c1-14-4-5-15(2)19(12-14)22-20(25)10-11-23(16(3)24)18-8-6-17(13-21)7-9-18/h4-9,12H,10-11H2,1-3H3,(H,22,25). The fourth-order valence-corrected chi connectivity index (χ4v) is 2.48. The molecule has 0 aliphatic carbocycles. The Labute approximate surface area is 147 Å². The number of hydrogen-bond donors (Lipinski definition) is 1. The number of hydrogen-bond acceptors (Lipinski definition) is 3. The molecule has 0 atom stereocenters. The van der Waals surface area contributed by atoms with E-state index in [1.54, 1.807) is 24.3 Å². The highest BCUT2D eigenvalue weighted by Crippen LogP contribution is 2.18. The molecule has 2 aromatic rings. The molecule has 0 bridgehead atoms. The molecule has 5 nitrogen and oxygen atoms in total. The Balaban J connectivity index is 2.03. The maximum Gasteiger partial charge on any atom is 0.226 e. The Hall–Kier alpha value is -3.13. The third-order valence-corrected chi connectivity index (χ3v) is 3.92. The number of carbonyl (C=O) groups excluding carboxylic acids is 2. The first kappa shape index (κ1) is 18.2. The molecule has 0 saturated carbocycles. The van der Waals surface area contributed by atoms with Crippen LogP contribution in [0, 0.1) is 25.2 Å². The third kappa shape index (κ3) is 4.92. The zero-order valence-corrected chi connectivity index (χ0v) is 14.7. The fraction of sp³-hybridized carbons (Fsp3) is 0.250. The topological polar surface area (TPSA) is 73.2 Å². The molecule has 2 aromatic carbocycles. The monoisotopic (exact) mass is 335 g/mol. The summed E-state index contributed by atoms with van der Waals surface area (Å²) in [6.45, 7) is 5.64. The predicted molar refractivity (Wildman–Crippen MR) is 98.3 cm³/mol. The van der Waals surface area contributed by atoms with Crippen LogP contribution in [-0.4, -0.2) is 18.4 Å². The molecule has 2 rings (SSSR count). The fourth-order valence-electron chi connectivity index (χ4n) is 2.48. The van der Waals surface area contributed by atoms with E-state index < -0.39 is 0 Å². The van der Waals surface area contributed by atoms with E-state index in [2.05, 4.69) is 5.32 Å². The molecule has 2 amide bonds. The highest BCUT2D eigenvalue weighted by Gasteiger charge is 2.14. The van der Waals surface area contributed by atoms with Crippen molar-refractivity contribution in [1.82, 2.24) is 0 Å². The van der Waals surface area contributed by atoms with Crippen molar-refractivity contribution in [3.05, 3.63) is 59.2 Å². The molecular weight excluding hydrogens is 314 g/mol. The van der Waals surface area contributed by atoms with Crippen LogP contribution in [0.2, 0.25) is 0 Å². The van der Waals surface area contributed by atoms with E-state index in [-0.39, 0.29) is 24.8 Å². The van der Waals surface area contributed by atoms with Crippen LogP contribution < -0.4 is 10.2 Å². The van der Waals surface area contributed by atoms with Crippen molar-refractivity contribution in [2.75, 3.05) is 16.8 Å². The number of amides is 2. The van der Waals surface area contributed by atoms with E-state index in [1.165, 1.54) is 11.8 Å². The number of rotatable bonds is 5. The molecule has 25 heavy (non-hydrogen) atoms. The van der Waals surface area contributed by atoms with Crippen LogP contribution in [-0.2, 0) is 9.59 Å². The first-order valence-electron chi connectivity index (χ1n) is 8.06. The molecule has 128 valence electrons. The Morgan fingerprint density at radius 2 is 1.80 bits per heavy atom. The van der Waals surface area contributed by atoms with Gasteiger partial charge in [0.1, 0.15) is 0 Å². The summed E-state index contributed by atoms with van der Waals surface area (Å²) in [5, 5.41) is 11.7. The van der Waals surface area contributed by atoms with Gasteiger partial charge in [-0.15, -0.1) is 0 Å². The number of nitrogens with one attached hydrogen (secondary N) is 1. The SMILES string of the molecule is CC(=O)N(CCC(=O)Nc1cc(C)ccc1C)c1ccc(C#N)cc1. The lowest BCUT2D eigenvalue weighted by Crippen LogP contribution is -2.32. The van der Waals surface area contributed by atoms with E-state index in [9.17, 15) is 9.59 Å². The van der Waals surface area contributed by atoms with Gasteiger partial charge in [0.05, 0.1) is 11.6 Å². The van der Waals surface area contributed by atoms with E-state index in [0.29, 0.717) is 11.3 Å². The van der Waals surface area contributed by atoms with Crippen LogP contribution in [0.1, 0.15) is 30.0 Å². The summed E-state index contributed by atoms with van der Waals surface area (Å²) < 4.78 is 0. The molecule has 0 aliphatic heterocycles. The highest BCUT2D eigenvalue weighted by atomic mass is 16.2. The molecular formula is C20H21N3O2. The van der Waals surface area contributed by atoms with Gasteiger partial charge in [0, 0.05) is 31.3 Å². The number of benzene rings is 2. The van der Waals surface area contributed by atoms with Gasteiger partial charge < -0.3 is 10.2 Å². The summed E-state index contributed by atoms with van der Waals surface area (Å²) in [5.41, 5.74) is 4.06. The van der Waals surface area contributed by atoms with Crippen LogP contribution in [0.25, 0.3) is 0 Å². The summed E-state index contributed by atoms with van der Waals surface area (Å²) in [6, 6.07) is 14.7. The summed E-state index contributed by atoms with van der Waals surface area (Å²) in [6.07, 6.45) is 0.187. The molecule has 0 saturated heterocycles. The number of nitriles is 1. The molecule has 1 N–H and O–H groups in total. The second kappa shape index (κ2) is 8.11. The van der Waals surface area contributed by atoms with Gasteiger partial charge in [-0.05, 0) is 55.3 Å². The van der Waals surface area contributed by atoms with Gasteiger partial charge in [-0.2, -0.15) is 5.26 Å². The van der Waals surface area contributed by atoms with Crippen LogP contribution in [0.5, 0.6) is 0 Å². The molecule has 0 heterocycles. The molecule has 0 aliphatic rings. The number of carbonyl (C=O) groups is 2. The molecule has 0 fully saturated rings. The quantitative estimate of drug-likeness (QED) is 0.908. The highest BCUT2D eigenvalue weighted by molar-refractivity contribution is 5.95. The van der Waals surface area contributed by atoms with E-state index >= 15 is 0 Å². The van der Waals surface area contributed by atoms with Crippen molar-refractivity contribution in [3.63, 3.8) is 0 Å². The van der Waals surface area contributed by atoms with Gasteiger partial charge in [0.25, 0.3) is 0 Å². The van der Waals surface area contributed by atoms with Crippen LogP contribution >= 0.6 is 0 Å². The van der Waals surface area contributed by atoms with E-state index in [0.717, 1.165) is 16.8 Å². The minimum Gasteiger partial charge on any atom is -0.326 e. The van der Waals surface area contributed by atoms with Crippen molar-refractivity contribution in [2.24, 2.45) is 0 Å². The maximum absolute atomic E-state index is 12.2. The Bertz CT molecular complexity index is 820. The lowest BCUT2D eigenvalue weighted by Gasteiger charge is -2.21. The normalized spacial score (nSPS) is 10.0. The molecule has 0 aromatic heterocycles. The number of aryl methyl sites for hydroxylation is 2. The zero-order valence-electron chi connectivity index (χ0n) is 14.7. The molecule has 0 radical (unpaired) electrons. The third-order valence-electron chi connectivity index (χ3n) is 3.92. The lowest BCUT2D eigenvalue weighted by atomic mass is 10.1. The zero-order chi connectivity index (χ0) is 18.4. The largest absolute Gasteiger partial charge is 0.326 e. The average Bonchev–Trinajstić information content (AvgIpc) is 2.58. The van der Waals surface area contributed by atoms with Crippen LogP contribution in [0.3, 0.4) is 0 Å². The van der Waals surface area contributed by atoms with E-state index in [1.807, 2.05) is 38.1 Å². The van der Waals surface area contributed by atoms with Gasteiger partial charge in [-0.1, -0.05) is 12.1 Å². The molecule has 0 unspecified atom stereocenters. The average molecular weight is 335 g/mol. The minimum absolute atomic E-state index is 0.145. The van der Waals surface area contributed by atoms with Crippen molar-refractivity contribution in [3.8, 4) is 6.07 Å². The minimum atomic E-state index is -0.149. The first-order valence-corrected chi connectivity index (χ1v) is 8.06. The molecule has 0 spiro atoms. The number of anilines is 2. The van der Waals surface area contributed by atoms with Gasteiger partial charge in [0.15, 0.2) is 0 Å². The van der Waals surface area contributed by atoms with Gasteiger partial charge in [0.2, 0.25) is 11.8 Å². The smallest absolute Gasteiger partial charge is 0.226 e. The second-order valence-electron chi connectivity index (χ2n) is 5.95. The Kier molecular flexibility index (Phi) is 5.91. The summed E-state index contributed by atoms with van der Waals surface area (Å²) in [7, 11) is 0. The number of nitrogens with zero attached hydrogens (tertiary/aromatic N) is 2. The van der Waals surface area contributed by atoms with Gasteiger partial charge >= 0.3 is 0 Å². The Morgan fingerprint density at radius 1 is 1.12 bits per heavy atom. The predicted octanol–water partition coefficient (Wildman–Crippen LogP) is 3.56. The summed E-state index contributed by atoms with van der Waals surface area (Å²) in [4.78, 5) is 25.7. The van der Waals surface area contributed by atoms with Crippen molar-refractivity contribution >= 4 is 23.2 Å². The summed E-state index contributed by atoms with van der Waals surface area (Å²) in [5.74, 6) is -0.294. The lowest BCUT2D eigenvalue weighted by molar-refractivity contribution is -0.117. The maximum atomic E-state index is 12.2. The molecule has 5 heteroatoms.